The Labute approximate surface area is 112 Å². The molecule has 1 unspecified atom stereocenters. The molecule has 1 rings (SSSR count). The van der Waals surface area contributed by atoms with Gasteiger partial charge in [-0.2, -0.15) is 0 Å². The van der Waals surface area contributed by atoms with E-state index in [0.29, 0.717) is 11.3 Å². The number of anilines is 1. The van der Waals surface area contributed by atoms with Gasteiger partial charge < -0.3 is 16.2 Å². The van der Waals surface area contributed by atoms with Crippen LogP contribution in [0.15, 0.2) is 24.3 Å². The minimum Gasteiger partial charge on any atom is -0.481 e. The second kappa shape index (κ2) is 6.89. The Bertz CT molecular complexity index is 458. The van der Waals surface area contributed by atoms with Gasteiger partial charge in [0.05, 0.1) is 6.42 Å². The zero-order valence-electron chi connectivity index (χ0n) is 11.2. The molecule has 19 heavy (non-hydrogen) atoms. The van der Waals surface area contributed by atoms with Gasteiger partial charge in [-0.25, -0.2) is 0 Å². The Morgan fingerprint density at radius 3 is 2.53 bits per heavy atom. The molecule has 1 atom stereocenters. The van der Waals surface area contributed by atoms with E-state index in [0.717, 1.165) is 0 Å². The van der Waals surface area contributed by atoms with E-state index in [9.17, 15) is 9.59 Å². The van der Waals surface area contributed by atoms with Crippen molar-refractivity contribution in [2.75, 3.05) is 5.32 Å². The van der Waals surface area contributed by atoms with Gasteiger partial charge in [-0.1, -0.05) is 32.0 Å². The van der Waals surface area contributed by atoms with Crippen LogP contribution < -0.4 is 11.1 Å². The monoisotopic (exact) mass is 264 g/mol. The second-order valence-electron chi connectivity index (χ2n) is 4.89. The van der Waals surface area contributed by atoms with Crippen molar-refractivity contribution in [3.63, 3.8) is 0 Å². The Kier molecular flexibility index (Phi) is 5.51. The zero-order chi connectivity index (χ0) is 14.4. The van der Waals surface area contributed by atoms with Crippen LogP contribution in [0.3, 0.4) is 0 Å². The van der Waals surface area contributed by atoms with Crippen LogP contribution in [0, 0.1) is 5.92 Å². The molecule has 5 heteroatoms. The van der Waals surface area contributed by atoms with Crippen LogP contribution in [0.2, 0.25) is 0 Å². The van der Waals surface area contributed by atoms with Crippen LogP contribution in [0.5, 0.6) is 0 Å². The number of carbonyl (C=O) groups is 2. The van der Waals surface area contributed by atoms with Crippen LogP contribution in [0.1, 0.15) is 25.8 Å². The summed E-state index contributed by atoms with van der Waals surface area (Å²) in [7, 11) is 0. The highest BCUT2D eigenvalue weighted by Crippen LogP contribution is 2.16. The summed E-state index contributed by atoms with van der Waals surface area (Å²) in [6.45, 7) is 3.91. The Balaban J connectivity index is 2.71. The lowest BCUT2D eigenvalue weighted by Gasteiger charge is -2.16. The number of aliphatic carboxylic acids is 1. The molecule has 0 aromatic heterocycles. The van der Waals surface area contributed by atoms with Crippen LogP contribution in [-0.4, -0.2) is 23.0 Å². The lowest BCUT2D eigenvalue weighted by Crippen LogP contribution is -2.31. The smallest absolute Gasteiger partial charge is 0.307 e. The molecule has 0 saturated carbocycles. The van der Waals surface area contributed by atoms with Crippen molar-refractivity contribution in [3.05, 3.63) is 29.8 Å². The minimum absolute atomic E-state index is 0.118. The fraction of sp³-hybridized carbons (Fsp3) is 0.429. The molecule has 0 aliphatic carbocycles. The molecule has 0 bridgehead atoms. The zero-order valence-corrected chi connectivity index (χ0v) is 11.2. The fourth-order valence-corrected chi connectivity index (χ4v) is 1.61. The third-order valence-corrected chi connectivity index (χ3v) is 2.91. The van der Waals surface area contributed by atoms with Gasteiger partial charge in [-0.3, -0.25) is 9.59 Å². The van der Waals surface area contributed by atoms with Crippen molar-refractivity contribution in [1.82, 2.24) is 0 Å². The number of nitrogens with one attached hydrogen (secondary N) is 1. The SMILES string of the molecule is CC(C)C(N)CC(=O)Nc1ccccc1CC(=O)O. The van der Waals surface area contributed by atoms with Crippen molar-refractivity contribution < 1.29 is 14.7 Å². The maximum Gasteiger partial charge on any atom is 0.307 e. The van der Waals surface area contributed by atoms with Crippen LogP contribution >= 0.6 is 0 Å². The normalized spacial score (nSPS) is 12.2. The molecule has 5 nitrogen and oxygen atoms in total. The van der Waals surface area contributed by atoms with E-state index in [1.165, 1.54) is 0 Å². The molecule has 0 heterocycles. The van der Waals surface area contributed by atoms with Crippen LogP contribution in [0.25, 0.3) is 0 Å². The van der Waals surface area contributed by atoms with Gasteiger partial charge in [0.1, 0.15) is 0 Å². The summed E-state index contributed by atoms with van der Waals surface area (Å²) in [5.41, 5.74) is 6.95. The topological polar surface area (TPSA) is 92.4 Å². The summed E-state index contributed by atoms with van der Waals surface area (Å²) in [6.07, 6.45) is 0.103. The molecular formula is C14H20N2O3. The van der Waals surface area contributed by atoms with Crippen molar-refractivity contribution in [2.45, 2.75) is 32.7 Å². The lowest BCUT2D eigenvalue weighted by molar-refractivity contribution is -0.136. The highest BCUT2D eigenvalue weighted by Gasteiger charge is 2.14. The highest BCUT2D eigenvalue weighted by atomic mass is 16.4. The number of hydrogen-bond donors (Lipinski definition) is 3. The van der Waals surface area contributed by atoms with E-state index in [-0.39, 0.29) is 30.7 Å². The maximum absolute atomic E-state index is 11.8. The van der Waals surface area contributed by atoms with Crippen molar-refractivity contribution in [1.29, 1.82) is 0 Å². The van der Waals surface area contributed by atoms with E-state index >= 15 is 0 Å². The maximum atomic E-state index is 11.8. The molecular weight excluding hydrogens is 244 g/mol. The van der Waals surface area contributed by atoms with E-state index in [4.69, 9.17) is 10.8 Å². The van der Waals surface area contributed by atoms with Crippen molar-refractivity contribution >= 4 is 17.6 Å². The molecule has 1 aromatic carbocycles. The Morgan fingerprint density at radius 1 is 1.32 bits per heavy atom. The highest BCUT2D eigenvalue weighted by molar-refractivity contribution is 5.92. The quantitative estimate of drug-likeness (QED) is 0.728. The molecule has 104 valence electrons. The Hall–Kier alpha value is -1.88. The standard InChI is InChI=1S/C14H20N2O3/c1-9(2)11(15)8-13(17)16-12-6-4-3-5-10(12)7-14(18)19/h3-6,9,11H,7-8,15H2,1-2H3,(H,16,17)(H,18,19). The van der Waals surface area contributed by atoms with E-state index < -0.39 is 5.97 Å². The molecule has 0 saturated heterocycles. The van der Waals surface area contributed by atoms with Crippen molar-refractivity contribution in [2.24, 2.45) is 11.7 Å². The predicted molar refractivity (Wildman–Crippen MR) is 73.8 cm³/mol. The van der Waals surface area contributed by atoms with Crippen LogP contribution in [0.4, 0.5) is 5.69 Å². The van der Waals surface area contributed by atoms with Gasteiger partial charge in [-0.05, 0) is 17.5 Å². The number of nitrogens with two attached hydrogens (primary N) is 1. The summed E-state index contributed by atoms with van der Waals surface area (Å²) in [6, 6.07) is 6.67. The number of carbonyl (C=O) groups excluding carboxylic acids is 1. The average molecular weight is 264 g/mol. The molecule has 1 aromatic rings. The first kappa shape index (κ1) is 15.2. The molecule has 0 radical (unpaired) electrons. The van der Waals surface area contributed by atoms with Crippen molar-refractivity contribution in [3.8, 4) is 0 Å². The predicted octanol–water partition coefficient (Wildman–Crippen LogP) is 1.63. The molecule has 1 amide bonds. The molecule has 0 fully saturated rings. The summed E-state index contributed by atoms with van der Waals surface area (Å²) in [5.74, 6) is -0.903. The molecule has 0 aliphatic heterocycles. The number of benzene rings is 1. The molecule has 4 N–H and O–H groups in total. The Morgan fingerprint density at radius 2 is 1.95 bits per heavy atom. The summed E-state index contributed by atoms with van der Waals surface area (Å²) < 4.78 is 0. The van der Waals surface area contributed by atoms with E-state index in [2.05, 4.69) is 5.32 Å². The number of amides is 1. The third kappa shape index (κ3) is 5.09. The number of carboxylic acids is 1. The minimum atomic E-state index is -0.930. The van der Waals surface area contributed by atoms with Gasteiger partial charge in [0.15, 0.2) is 0 Å². The first-order valence-electron chi connectivity index (χ1n) is 6.25. The van der Waals surface area contributed by atoms with Gasteiger partial charge >= 0.3 is 5.97 Å². The summed E-state index contributed by atoms with van der Waals surface area (Å²) >= 11 is 0. The first-order valence-corrected chi connectivity index (χ1v) is 6.25. The van der Waals surface area contributed by atoms with Gasteiger partial charge in [0, 0.05) is 18.2 Å². The van der Waals surface area contributed by atoms with Gasteiger partial charge in [0.2, 0.25) is 5.91 Å². The molecule has 0 spiro atoms. The lowest BCUT2D eigenvalue weighted by atomic mass is 10.0. The second-order valence-corrected chi connectivity index (χ2v) is 4.89. The summed E-state index contributed by atoms with van der Waals surface area (Å²) in [4.78, 5) is 22.6. The largest absolute Gasteiger partial charge is 0.481 e. The molecule has 0 aliphatic rings. The number of carboxylic acid groups (broad SMARTS) is 1. The first-order chi connectivity index (χ1) is 8.90. The van der Waals surface area contributed by atoms with Crippen LogP contribution in [-0.2, 0) is 16.0 Å². The van der Waals surface area contributed by atoms with E-state index in [1.807, 2.05) is 13.8 Å². The van der Waals surface area contributed by atoms with Gasteiger partial charge in [-0.15, -0.1) is 0 Å². The number of para-hydroxylation sites is 1. The fourth-order valence-electron chi connectivity index (χ4n) is 1.61. The summed E-state index contributed by atoms with van der Waals surface area (Å²) in [5, 5.41) is 11.5. The third-order valence-electron chi connectivity index (χ3n) is 2.91. The average Bonchev–Trinajstić information content (AvgIpc) is 2.30. The van der Waals surface area contributed by atoms with Gasteiger partial charge in [0.25, 0.3) is 0 Å². The number of hydrogen-bond acceptors (Lipinski definition) is 3. The number of rotatable bonds is 6. The van der Waals surface area contributed by atoms with E-state index in [1.54, 1.807) is 24.3 Å².